The number of halogens is 2. The minimum absolute atomic E-state index is 0.0694. The zero-order valence-electron chi connectivity index (χ0n) is 12.4. The van der Waals surface area contributed by atoms with E-state index in [-0.39, 0.29) is 11.9 Å². The Bertz CT molecular complexity index is 510. The number of nitrogens with zero attached hydrogens (tertiary/aromatic N) is 2. The maximum absolute atomic E-state index is 14.3. The summed E-state index contributed by atoms with van der Waals surface area (Å²) < 4.78 is 14.3. The molecule has 0 aromatic heterocycles. The Kier molecular flexibility index (Phi) is 4.50. The van der Waals surface area contributed by atoms with E-state index in [1.54, 1.807) is 12.1 Å². The van der Waals surface area contributed by atoms with Gasteiger partial charge in [-0.2, -0.15) is 0 Å². The highest BCUT2D eigenvalue weighted by molar-refractivity contribution is 6.30. The van der Waals surface area contributed by atoms with Gasteiger partial charge in [0.05, 0.1) is 6.04 Å². The van der Waals surface area contributed by atoms with E-state index in [9.17, 15) is 4.39 Å². The molecule has 21 heavy (non-hydrogen) atoms. The molecule has 0 bridgehead atoms. The lowest BCUT2D eigenvalue weighted by molar-refractivity contribution is 0.0286. The molecule has 116 valence electrons. The van der Waals surface area contributed by atoms with Crippen molar-refractivity contribution in [3.8, 4) is 0 Å². The molecular weight excluding hydrogens is 289 g/mol. The van der Waals surface area contributed by atoms with Crippen molar-refractivity contribution in [3.05, 3.63) is 34.6 Å². The molecule has 1 aromatic carbocycles. The maximum atomic E-state index is 14.3. The van der Waals surface area contributed by atoms with E-state index >= 15 is 0 Å². The molecule has 3 atom stereocenters. The van der Waals surface area contributed by atoms with Gasteiger partial charge in [0.25, 0.3) is 0 Å². The largest absolute Gasteiger partial charge is 0.329 e. The standard InChI is InChI=1S/C16H23ClFN3/c1-11-9-20-6-2-3-13(20)10-21(11)16(8-19)14-5-4-12(17)7-15(14)18/h4-5,7,11,13,16H,2-3,6,8-10,19H2,1H3. The van der Waals surface area contributed by atoms with E-state index < -0.39 is 0 Å². The predicted octanol–water partition coefficient (Wildman–Crippen LogP) is 2.65. The highest BCUT2D eigenvalue weighted by Gasteiger charge is 2.37. The molecule has 2 saturated heterocycles. The molecule has 3 rings (SSSR count). The molecule has 2 aliphatic heterocycles. The summed E-state index contributed by atoms with van der Waals surface area (Å²) in [4.78, 5) is 4.94. The Morgan fingerprint density at radius 3 is 2.95 bits per heavy atom. The molecule has 3 unspecified atom stereocenters. The van der Waals surface area contributed by atoms with Gasteiger partial charge in [-0.3, -0.25) is 9.80 Å². The fraction of sp³-hybridized carbons (Fsp3) is 0.625. The van der Waals surface area contributed by atoms with Crippen LogP contribution in [0.2, 0.25) is 5.02 Å². The van der Waals surface area contributed by atoms with Gasteiger partial charge >= 0.3 is 0 Å². The summed E-state index contributed by atoms with van der Waals surface area (Å²) in [5, 5.41) is 0.431. The van der Waals surface area contributed by atoms with Gasteiger partial charge in [0, 0.05) is 42.3 Å². The summed E-state index contributed by atoms with van der Waals surface area (Å²) >= 11 is 5.86. The van der Waals surface area contributed by atoms with Gasteiger partial charge in [-0.05, 0) is 38.4 Å². The number of benzene rings is 1. The zero-order valence-corrected chi connectivity index (χ0v) is 13.2. The van der Waals surface area contributed by atoms with Crippen molar-refractivity contribution in [3.63, 3.8) is 0 Å². The monoisotopic (exact) mass is 311 g/mol. The third-order valence-electron chi connectivity index (χ3n) is 4.93. The average Bonchev–Trinajstić information content (AvgIpc) is 2.89. The van der Waals surface area contributed by atoms with Crippen LogP contribution in [0.5, 0.6) is 0 Å². The fourth-order valence-corrected chi connectivity index (χ4v) is 4.02. The summed E-state index contributed by atoms with van der Waals surface area (Å²) in [6, 6.07) is 5.84. The van der Waals surface area contributed by atoms with Gasteiger partial charge in [0.2, 0.25) is 0 Å². The molecule has 0 amide bonds. The molecule has 2 fully saturated rings. The van der Waals surface area contributed by atoms with Gasteiger partial charge in [-0.15, -0.1) is 0 Å². The second kappa shape index (κ2) is 6.21. The van der Waals surface area contributed by atoms with Crippen LogP contribution in [0.4, 0.5) is 4.39 Å². The van der Waals surface area contributed by atoms with Crippen LogP contribution in [-0.2, 0) is 0 Å². The topological polar surface area (TPSA) is 32.5 Å². The number of hydrogen-bond donors (Lipinski definition) is 1. The molecule has 0 aliphatic carbocycles. The number of hydrogen-bond acceptors (Lipinski definition) is 3. The van der Waals surface area contributed by atoms with Crippen LogP contribution in [0.3, 0.4) is 0 Å². The Hall–Kier alpha value is -0.680. The Morgan fingerprint density at radius 2 is 2.24 bits per heavy atom. The molecule has 2 N–H and O–H groups in total. The maximum Gasteiger partial charge on any atom is 0.129 e. The first-order valence-electron chi connectivity index (χ1n) is 7.75. The van der Waals surface area contributed by atoms with Crippen LogP contribution >= 0.6 is 11.6 Å². The lowest BCUT2D eigenvalue weighted by Crippen LogP contribution is -2.56. The van der Waals surface area contributed by atoms with Gasteiger partial charge in [0.1, 0.15) is 5.82 Å². The van der Waals surface area contributed by atoms with Crippen molar-refractivity contribution < 1.29 is 4.39 Å². The van der Waals surface area contributed by atoms with Crippen LogP contribution in [-0.4, -0.2) is 48.1 Å². The second-order valence-electron chi connectivity index (χ2n) is 6.25. The Morgan fingerprint density at radius 1 is 1.43 bits per heavy atom. The predicted molar refractivity (Wildman–Crippen MR) is 84.0 cm³/mol. The third-order valence-corrected chi connectivity index (χ3v) is 5.17. The van der Waals surface area contributed by atoms with E-state index in [1.165, 1.54) is 25.5 Å². The smallest absolute Gasteiger partial charge is 0.129 e. The Balaban J connectivity index is 1.85. The molecule has 2 aliphatic rings. The molecular formula is C16H23ClFN3. The van der Waals surface area contributed by atoms with Crippen molar-refractivity contribution in [1.82, 2.24) is 9.80 Å². The average molecular weight is 312 g/mol. The summed E-state index contributed by atoms with van der Waals surface area (Å²) in [5.74, 6) is -0.251. The molecule has 0 saturated carbocycles. The normalized spacial score (nSPS) is 28.6. The lowest BCUT2D eigenvalue weighted by Gasteiger charge is -2.46. The first-order valence-corrected chi connectivity index (χ1v) is 8.12. The number of piperazine rings is 1. The molecule has 3 nitrogen and oxygen atoms in total. The summed E-state index contributed by atoms with van der Waals surface area (Å²) in [5.41, 5.74) is 6.65. The van der Waals surface area contributed by atoms with Gasteiger partial charge in [-0.1, -0.05) is 17.7 Å². The van der Waals surface area contributed by atoms with Crippen molar-refractivity contribution in [2.75, 3.05) is 26.2 Å². The van der Waals surface area contributed by atoms with E-state index in [2.05, 4.69) is 16.7 Å². The SMILES string of the molecule is CC1CN2CCCC2CN1C(CN)c1ccc(Cl)cc1F. The number of nitrogens with two attached hydrogens (primary N) is 1. The van der Waals surface area contributed by atoms with E-state index in [4.69, 9.17) is 17.3 Å². The molecule has 5 heteroatoms. The van der Waals surface area contributed by atoms with Crippen LogP contribution in [0.1, 0.15) is 31.4 Å². The third kappa shape index (κ3) is 2.95. The van der Waals surface area contributed by atoms with Gasteiger partial charge in [-0.25, -0.2) is 4.39 Å². The van der Waals surface area contributed by atoms with Crippen molar-refractivity contribution >= 4 is 11.6 Å². The highest BCUT2D eigenvalue weighted by atomic mass is 35.5. The molecule has 1 aromatic rings. The Labute approximate surface area is 130 Å². The van der Waals surface area contributed by atoms with Crippen LogP contribution in [0.25, 0.3) is 0 Å². The second-order valence-corrected chi connectivity index (χ2v) is 6.69. The summed E-state index contributed by atoms with van der Waals surface area (Å²) in [6.07, 6.45) is 2.51. The minimum atomic E-state index is -0.251. The summed E-state index contributed by atoms with van der Waals surface area (Å²) in [7, 11) is 0. The van der Waals surface area contributed by atoms with Crippen molar-refractivity contribution in [1.29, 1.82) is 0 Å². The zero-order chi connectivity index (χ0) is 15.0. The molecule has 0 radical (unpaired) electrons. The number of fused-ring (bicyclic) bond motifs is 1. The quantitative estimate of drug-likeness (QED) is 0.931. The van der Waals surface area contributed by atoms with Crippen LogP contribution in [0, 0.1) is 5.82 Å². The molecule has 0 spiro atoms. The van der Waals surface area contributed by atoms with Crippen LogP contribution in [0.15, 0.2) is 18.2 Å². The van der Waals surface area contributed by atoms with E-state index in [0.29, 0.717) is 29.2 Å². The van der Waals surface area contributed by atoms with Crippen molar-refractivity contribution in [2.24, 2.45) is 5.73 Å². The highest BCUT2D eigenvalue weighted by Crippen LogP contribution is 2.32. The first kappa shape index (κ1) is 15.2. The lowest BCUT2D eigenvalue weighted by atomic mass is 9.99. The fourth-order valence-electron chi connectivity index (χ4n) is 3.86. The van der Waals surface area contributed by atoms with Crippen LogP contribution < -0.4 is 5.73 Å². The summed E-state index contributed by atoms with van der Waals surface area (Å²) in [6.45, 7) is 5.87. The van der Waals surface area contributed by atoms with Gasteiger partial charge in [0.15, 0.2) is 0 Å². The van der Waals surface area contributed by atoms with E-state index in [1.807, 2.05) is 0 Å². The first-order chi connectivity index (χ1) is 10.1. The number of rotatable bonds is 3. The van der Waals surface area contributed by atoms with E-state index in [0.717, 1.165) is 13.1 Å². The van der Waals surface area contributed by atoms with Crippen molar-refractivity contribution in [2.45, 2.75) is 37.9 Å². The van der Waals surface area contributed by atoms with Gasteiger partial charge < -0.3 is 5.73 Å². The minimum Gasteiger partial charge on any atom is -0.329 e. The molecule has 2 heterocycles.